The Morgan fingerprint density at radius 2 is 1.96 bits per heavy atom. The van der Waals surface area contributed by atoms with E-state index in [1.807, 2.05) is 30.1 Å². The zero-order chi connectivity index (χ0) is 16.9. The molecule has 4 rings (SSSR count). The highest BCUT2D eigenvalue weighted by atomic mass is 19.1. The molecule has 24 heavy (non-hydrogen) atoms. The lowest BCUT2D eigenvalue weighted by Crippen LogP contribution is -2.44. The Bertz CT molecular complexity index is 659. The highest BCUT2D eigenvalue weighted by molar-refractivity contribution is 5.89. The van der Waals surface area contributed by atoms with Crippen molar-refractivity contribution in [2.24, 2.45) is 11.3 Å². The summed E-state index contributed by atoms with van der Waals surface area (Å²) in [4.78, 5) is 29.1. The van der Waals surface area contributed by atoms with E-state index in [-0.39, 0.29) is 23.7 Å². The second-order valence-corrected chi connectivity index (χ2v) is 7.58. The van der Waals surface area contributed by atoms with E-state index in [9.17, 15) is 14.0 Å². The smallest absolute Gasteiger partial charge is 0.231 e. The number of alkyl halides is 1. The zero-order valence-corrected chi connectivity index (χ0v) is 14.0. The molecule has 5 heteroatoms. The molecule has 0 radical (unpaired) electrons. The summed E-state index contributed by atoms with van der Waals surface area (Å²) in [5.74, 6) is 0.113. The van der Waals surface area contributed by atoms with Gasteiger partial charge in [-0.15, -0.1) is 0 Å². The van der Waals surface area contributed by atoms with Crippen LogP contribution in [0.2, 0.25) is 0 Å². The Morgan fingerprint density at radius 3 is 2.62 bits per heavy atom. The number of rotatable bonds is 2. The predicted molar refractivity (Wildman–Crippen MR) is 88.1 cm³/mol. The van der Waals surface area contributed by atoms with Gasteiger partial charge in [-0.2, -0.15) is 0 Å². The molecule has 0 aromatic heterocycles. The number of hydrogen-bond acceptors (Lipinski definition) is 2. The summed E-state index contributed by atoms with van der Waals surface area (Å²) in [6.07, 6.45) is 0.566. The van der Waals surface area contributed by atoms with Crippen molar-refractivity contribution >= 4 is 11.8 Å². The molecule has 2 amide bonds. The van der Waals surface area contributed by atoms with Crippen LogP contribution in [0.3, 0.4) is 0 Å². The number of benzene rings is 1. The Hall–Kier alpha value is -1.91. The molecule has 1 aromatic carbocycles. The van der Waals surface area contributed by atoms with E-state index in [4.69, 9.17) is 0 Å². The fraction of sp³-hybridized carbons (Fsp3) is 0.579. The van der Waals surface area contributed by atoms with E-state index in [1.54, 1.807) is 4.90 Å². The summed E-state index contributed by atoms with van der Waals surface area (Å²) >= 11 is 0. The first-order valence-corrected chi connectivity index (χ1v) is 8.74. The third-order valence-electron chi connectivity index (χ3n) is 6.14. The minimum atomic E-state index is -0.827. The minimum Gasteiger partial charge on any atom is -0.345 e. The van der Waals surface area contributed by atoms with Crippen molar-refractivity contribution in [1.82, 2.24) is 9.80 Å². The van der Waals surface area contributed by atoms with Gasteiger partial charge in [0.25, 0.3) is 0 Å². The van der Waals surface area contributed by atoms with Gasteiger partial charge >= 0.3 is 0 Å². The Morgan fingerprint density at radius 1 is 1.25 bits per heavy atom. The van der Waals surface area contributed by atoms with E-state index >= 15 is 0 Å². The molecule has 3 fully saturated rings. The zero-order valence-electron chi connectivity index (χ0n) is 14.0. The summed E-state index contributed by atoms with van der Waals surface area (Å²) in [7, 11) is 1.84. The third-order valence-corrected chi connectivity index (χ3v) is 6.14. The van der Waals surface area contributed by atoms with Crippen LogP contribution in [0, 0.1) is 11.3 Å². The third kappa shape index (κ3) is 2.25. The highest BCUT2D eigenvalue weighted by Gasteiger charge is 2.57. The van der Waals surface area contributed by atoms with Crippen LogP contribution in [0.25, 0.3) is 0 Å². The summed E-state index contributed by atoms with van der Waals surface area (Å²) in [6, 6.07) is 10.1. The molecule has 1 saturated carbocycles. The normalized spacial score (nSPS) is 35.6. The second kappa shape index (κ2) is 5.57. The molecule has 2 atom stereocenters. The van der Waals surface area contributed by atoms with Crippen molar-refractivity contribution in [1.29, 1.82) is 0 Å². The lowest BCUT2D eigenvalue weighted by atomic mass is 9.73. The van der Waals surface area contributed by atoms with Crippen LogP contribution < -0.4 is 0 Å². The van der Waals surface area contributed by atoms with E-state index in [0.717, 1.165) is 5.56 Å². The van der Waals surface area contributed by atoms with Crippen molar-refractivity contribution in [2.45, 2.75) is 31.4 Å². The monoisotopic (exact) mass is 330 g/mol. The van der Waals surface area contributed by atoms with Crippen LogP contribution in [-0.2, 0) is 9.59 Å². The first kappa shape index (κ1) is 15.6. The van der Waals surface area contributed by atoms with Crippen molar-refractivity contribution < 1.29 is 14.0 Å². The molecule has 0 N–H and O–H groups in total. The van der Waals surface area contributed by atoms with E-state index in [1.165, 1.54) is 0 Å². The lowest BCUT2D eigenvalue weighted by Gasteiger charge is -2.33. The molecular formula is C19H23FN2O2. The molecule has 2 aliphatic heterocycles. The average molecular weight is 330 g/mol. The van der Waals surface area contributed by atoms with Gasteiger partial charge < -0.3 is 9.80 Å². The minimum absolute atomic E-state index is 0.0370. The van der Waals surface area contributed by atoms with Crippen LogP contribution in [0.1, 0.15) is 30.7 Å². The van der Waals surface area contributed by atoms with E-state index < -0.39 is 11.6 Å². The molecule has 2 saturated heterocycles. The maximum absolute atomic E-state index is 13.1. The number of hydrogen-bond donors (Lipinski definition) is 0. The van der Waals surface area contributed by atoms with Gasteiger partial charge in [-0.3, -0.25) is 9.59 Å². The maximum Gasteiger partial charge on any atom is 0.231 e. The fourth-order valence-corrected chi connectivity index (χ4v) is 4.66. The SMILES string of the molecule is CN1CC(c2ccccc2)C2(CCN(C(=O)C3CC(F)C3)C2)C1=O. The van der Waals surface area contributed by atoms with Gasteiger partial charge in [0, 0.05) is 38.5 Å². The van der Waals surface area contributed by atoms with Gasteiger partial charge in [0.05, 0.1) is 5.41 Å². The number of nitrogens with zero attached hydrogens (tertiary/aromatic N) is 2. The number of carbonyl (C=O) groups is 2. The van der Waals surface area contributed by atoms with Crippen LogP contribution in [0.5, 0.6) is 0 Å². The van der Waals surface area contributed by atoms with Gasteiger partial charge in [0.1, 0.15) is 6.17 Å². The molecule has 128 valence electrons. The Balaban J connectivity index is 1.58. The summed E-state index contributed by atoms with van der Waals surface area (Å²) in [5.41, 5.74) is 0.655. The predicted octanol–water partition coefficient (Wildman–Crippen LogP) is 2.21. The van der Waals surface area contributed by atoms with Crippen LogP contribution in [0.4, 0.5) is 4.39 Å². The van der Waals surface area contributed by atoms with E-state index in [0.29, 0.717) is 38.9 Å². The fourth-order valence-electron chi connectivity index (χ4n) is 4.66. The molecule has 3 aliphatic rings. The molecule has 4 nitrogen and oxygen atoms in total. The van der Waals surface area contributed by atoms with Crippen molar-refractivity contribution in [2.75, 3.05) is 26.7 Å². The molecule has 2 heterocycles. The summed E-state index contributed by atoms with van der Waals surface area (Å²) < 4.78 is 13.1. The molecule has 0 bridgehead atoms. The van der Waals surface area contributed by atoms with Crippen LogP contribution >= 0.6 is 0 Å². The summed E-state index contributed by atoms with van der Waals surface area (Å²) in [5, 5.41) is 0. The van der Waals surface area contributed by atoms with Crippen molar-refractivity contribution in [3.63, 3.8) is 0 Å². The largest absolute Gasteiger partial charge is 0.345 e. The number of carbonyl (C=O) groups excluding carboxylic acids is 2. The molecule has 1 aromatic rings. The van der Waals surface area contributed by atoms with Crippen molar-refractivity contribution in [3.05, 3.63) is 35.9 Å². The molecule has 2 unspecified atom stereocenters. The van der Waals surface area contributed by atoms with Gasteiger partial charge in [0.2, 0.25) is 11.8 Å². The molecule has 1 aliphatic carbocycles. The number of likely N-dealkylation sites (N-methyl/N-ethyl adjacent to an activating group) is 1. The number of halogens is 1. The second-order valence-electron chi connectivity index (χ2n) is 7.58. The average Bonchev–Trinajstić information content (AvgIpc) is 3.11. The number of likely N-dealkylation sites (tertiary alicyclic amines) is 2. The number of amides is 2. The summed E-state index contributed by atoms with van der Waals surface area (Å²) in [6.45, 7) is 1.78. The quantitative estimate of drug-likeness (QED) is 0.834. The van der Waals surface area contributed by atoms with Crippen molar-refractivity contribution in [3.8, 4) is 0 Å². The topological polar surface area (TPSA) is 40.6 Å². The standard InChI is InChI=1S/C19H23FN2O2/c1-21-11-16(13-5-3-2-4-6-13)19(18(21)24)7-8-22(12-19)17(23)14-9-15(20)10-14/h2-6,14-16H,7-12H2,1H3. The van der Waals surface area contributed by atoms with Crippen LogP contribution in [0.15, 0.2) is 30.3 Å². The van der Waals surface area contributed by atoms with Gasteiger partial charge in [-0.25, -0.2) is 4.39 Å². The van der Waals surface area contributed by atoms with Crippen LogP contribution in [-0.4, -0.2) is 54.5 Å². The first-order chi connectivity index (χ1) is 11.5. The first-order valence-electron chi connectivity index (χ1n) is 8.74. The van der Waals surface area contributed by atoms with E-state index in [2.05, 4.69) is 12.1 Å². The lowest BCUT2D eigenvalue weighted by molar-refractivity contribution is -0.140. The molecular weight excluding hydrogens is 307 g/mol. The molecule has 1 spiro atoms. The van der Waals surface area contributed by atoms with Gasteiger partial charge in [-0.1, -0.05) is 30.3 Å². The maximum atomic E-state index is 13.1. The Labute approximate surface area is 141 Å². The van der Waals surface area contributed by atoms with Gasteiger partial charge in [-0.05, 0) is 24.8 Å². The van der Waals surface area contributed by atoms with Gasteiger partial charge in [0.15, 0.2) is 0 Å². The highest BCUT2D eigenvalue weighted by Crippen LogP contribution is 2.50. The Kier molecular flexibility index (Phi) is 3.62.